The predicted octanol–water partition coefficient (Wildman–Crippen LogP) is 4.55. The number of fused-ring (bicyclic) bond motifs is 3. The lowest BCUT2D eigenvalue weighted by Crippen LogP contribution is -2.24. The molecular weight excluding hydrogens is 328 g/mol. The number of hydrogen-bond acceptors (Lipinski definition) is 5. The Hall–Kier alpha value is -2.01. The summed E-state index contributed by atoms with van der Waals surface area (Å²) in [6, 6.07) is 4.61. The van der Waals surface area contributed by atoms with Crippen molar-refractivity contribution in [2.45, 2.75) is 45.1 Å². The standard InChI is InChI=1S/C20H22N4S/c1-13-6-7-15-17(10-13)25-20-18(15)19(22-12-23-20)24-9-3-5-16(24)14-4-2-8-21-11-14/h2,4,8,11-13,16H,3,5-7,9-10H2,1H3. The van der Waals surface area contributed by atoms with E-state index in [1.54, 1.807) is 6.33 Å². The highest BCUT2D eigenvalue weighted by Gasteiger charge is 2.31. The van der Waals surface area contributed by atoms with Crippen LogP contribution in [-0.4, -0.2) is 21.5 Å². The van der Waals surface area contributed by atoms with E-state index in [2.05, 4.69) is 27.9 Å². The number of thiophene rings is 1. The van der Waals surface area contributed by atoms with Crippen LogP contribution in [0, 0.1) is 5.92 Å². The number of nitrogens with zero attached hydrogens (tertiary/aromatic N) is 4. The maximum atomic E-state index is 4.77. The van der Waals surface area contributed by atoms with Gasteiger partial charge in [-0.25, -0.2) is 9.97 Å². The van der Waals surface area contributed by atoms with Crippen LogP contribution in [0.2, 0.25) is 0 Å². The number of rotatable bonds is 2. The average molecular weight is 350 g/mol. The topological polar surface area (TPSA) is 41.9 Å². The van der Waals surface area contributed by atoms with Crippen molar-refractivity contribution in [3.63, 3.8) is 0 Å². The summed E-state index contributed by atoms with van der Waals surface area (Å²) in [6.07, 6.45) is 11.6. The van der Waals surface area contributed by atoms with Crippen molar-refractivity contribution in [1.82, 2.24) is 15.0 Å². The molecule has 0 aromatic carbocycles. The second-order valence-electron chi connectivity index (χ2n) is 7.37. The summed E-state index contributed by atoms with van der Waals surface area (Å²) in [7, 11) is 0. The largest absolute Gasteiger partial charge is 0.349 e. The third-order valence-electron chi connectivity index (χ3n) is 5.67. The van der Waals surface area contributed by atoms with E-state index >= 15 is 0 Å². The molecule has 0 amide bonds. The number of aryl methyl sites for hydroxylation is 1. The van der Waals surface area contributed by atoms with Crippen LogP contribution in [0.3, 0.4) is 0 Å². The molecule has 0 saturated carbocycles. The van der Waals surface area contributed by atoms with Crippen LogP contribution in [0.4, 0.5) is 5.82 Å². The lowest BCUT2D eigenvalue weighted by atomic mass is 9.89. The Morgan fingerprint density at radius 3 is 3.08 bits per heavy atom. The van der Waals surface area contributed by atoms with Crippen molar-refractivity contribution in [2.75, 3.05) is 11.4 Å². The van der Waals surface area contributed by atoms with E-state index in [-0.39, 0.29) is 0 Å². The van der Waals surface area contributed by atoms with Gasteiger partial charge in [-0.1, -0.05) is 13.0 Å². The third-order valence-corrected chi connectivity index (χ3v) is 6.83. The van der Waals surface area contributed by atoms with Crippen molar-refractivity contribution in [2.24, 2.45) is 5.92 Å². The summed E-state index contributed by atoms with van der Waals surface area (Å²) in [5.74, 6) is 1.93. The molecule has 1 aliphatic heterocycles. The van der Waals surface area contributed by atoms with E-state index in [1.807, 2.05) is 29.8 Å². The number of aromatic nitrogens is 3. The van der Waals surface area contributed by atoms with Gasteiger partial charge in [0.25, 0.3) is 0 Å². The molecule has 1 aliphatic carbocycles. The van der Waals surface area contributed by atoms with Gasteiger partial charge in [0, 0.05) is 23.8 Å². The highest BCUT2D eigenvalue weighted by molar-refractivity contribution is 7.19. The zero-order valence-corrected chi connectivity index (χ0v) is 15.3. The van der Waals surface area contributed by atoms with E-state index in [4.69, 9.17) is 4.98 Å². The third kappa shape index (κ3) is 2.53. The van der Waals surface area contributed by atoms with Gasteiger partial charge in [-0.3, -0.25) is 4.98 Å². The zero-order valence-electron chi connectivity index (χ0n) is 14.5. The van der Waals surface area contributed by atoms with Crippen LogP contribution in [0.15, 0.2) is 30.9 Å². The molecule has 0 bridgehead atoms. The molecule has 1 fully saturated rings. The monoisotopic (exact) mass is 350 g/mol. The fourth-order valence-corrected chi connectivity index (χ4v) is 5.76. The molecule has 4 nitrogen and oxygen atoms in total. The van der Waals surface area contributed by atoms with Gasteiger partial charge < -0.3 is 4.90 Å². The first-order valence-electron chi connectivity index (χ1n) is 9.23. The summed E-state index contributed by atoms with van der Waals surface area (Å²) in [5, 5.41) is 1.32. The smallest absolute Gasteiger partial charge is 0.141 e. The van der Waals surface area contributed by atoms with Gasteiger partial charge in [-0.2, -0.15) is 0 Å². The van der Waals surface area contributed by atoms with Gasteiger partial charge in [0.2, 0.25) is 0 Å². The first kappa shape index (κ1) is 15.3. The zero-order chi connectivity index (χ0) is 16.8. The fourth-order valence-electron chi connectivity index (χ4n) is 4.42. The van der Waals surface area contributed by atoms with Crippen LogP contribution in [0.1, 0.15) is 48.2 Å². The normalized spacial score (nSPS) is 23.2. The molecule has 2 aliphatic rings. The van der Waals surface area contributed by atoms with E-state index in [9.17, 15) is 0 Å². The highest BCUT2D eigenvalue weighted by Crippen LogP contribution is 2.44. The number of anilines is 1. The van der Waals surface area contributed by atoms with Crippen molar-refractivity contribution in [3.05, 3.63) is 46.9 Å². The molecule has 25 heavy (non-hydrogen) atoms. The molecule has 5 heteroatoms. The maximum Gasteiger partial charge on any atom is 0.141 e. The molecule has 2 unspecified atom stereocenters. The van der Waals surface area contributed by atoms with Gasteiger partial charge in [-0.15, -0.1) is 11.3 Å². The Morgan fingerprint density at radius 2 is 2.20 bits per heavy atom. The Bertz CT molecular complexity index is 905. The van der Waals surface area contributed by atoms with Gasteiger partial charge in [-0.05, 0) is 55.2 Å². The quantitative estimate of drug-likeness (QED) is 0.680. The lowest BCUT2D eigenvalue weighted by Gasteiger charge is -2.27. The van der Waals surface area contributed by atoms with Gasteiger partial charge >= 0.3 is 0 Å². The molecule has 0 spiro atoms. The molecule has 4 heterocycles. The van der Waals surface area contributed by atoms with E-state index in [0.29, 0.717) is 6.04 Å². The number of hydrogen-bond donors (Lipinski definition) is 0. The summed E-state index contributed by atoms with van der Waals surface area (Å²) < 4.78 is 0. The second kappa shape index (κ2) is 6.06. The van der Waals surface area contributed by atoms with Crippen molar-refractivity contribution in [1.29, 1.82) is 0 Å². The summed E-state index contributed by atoms with van der Waals surface area (Å²) in [4.78, 5) is 18.9. The van der Waals surface area contributed by atoms with Crippen molar-refractivity contribution >= 4 is 27.4 Å². The Labute approximate surface area is 152 Å². The van der Waals surface area contributed by atoms with E-state index in [1.165, 1.54) is 58.3 Å². The average Bonchev–Trinajstić information content (AvgIpc) is 3.26. The predicted molar refractivity (Wildman–Crippen MR) is 102 cm³/mol. The Kier molecular flexibility index (Phi) is 3.70. The van der Waals surface area contributed by atoms with Gasteiger partial charge in [0.15, 0.2) is 0 Å². The summed E-state index contributed by atoms with van der Waals surface area (Å²) in [6.45, 7) is 3.42. The lowest BCUT2D eigenvalue weighted by molar-refractivity contribution is 0.509. The molecule has 5 rings (SSSR count). The first-order valence-corrected chi connectivity index (χ1v) is 10.0. The van der Waals surface area contributed by atoms with E-state index < -0.39 is 0 Å². The maximum absolute atomic E-state index is 4.77. The second-order valence-corrected chi connectivity index (χ2v) is 8.45. The van der Waals surface area contributed by atoms with Crippen LogP contribution >= 0.6 is 11.3 Å². The Balaban J connectivity index is 1.63. The van der Waals surface area contributed by atoms with Crippen molar-refractivity contribution in [3.8, 4) is 0 Å². The molecule has 0 N–H and O–H groups in total. The summed E-state index contributed by atoms with van der Waals surface area (Å²) >= 11 is 1.88. The summed E-state index contributed by atoms with van der Waals surface area (Å²) in [5.41, 5.74) is 2.81. The minimum atomic E-state index is 0.380. The molecule has 2 atom stereocenters. The van der Waals surface area contributed by atoms with E-state index in [0.717, 1.165) is 18.3 Å². The molecule has 3 aromatic rings. The minimum Gasteiger partial charge on any atom is -0.349 e. The minimum absolute atomic E-state index is 0.380. The van der Waals surface area contributed by atoms with Crippen LogP contribution < -0.4 is 4.90 Å². The van der Waals surface area contributed by atoms with Crippen LogP contribution in [0.5, 0.6) is 0 Å². The number of pyridine rings is 1. The van der Waals surface area contributed by atoms with Gasteiger partial charge in [0.1, 0.15) is 17.0 Å². The fraction of sp³-hybridized carbons (Fsp3) is 0.450. The highest BCUT2D eigenvalue weighted by atomic mass is 32.1. The molecule has 3 aromatic heterocycles. The van der Waals surface area contributed by atoms with Crippen LogP contribution in [-0.2, 0) is 12.8 Å². The molecule has 1 saturated heterocycles. The first-order chi connectivity index (χ1) is 12.3. The SMILES string of the molecule is CC1CCc2c(sc3ncnc(N4CCCC4c4cccnc4)c23)C1. The van der Waals surface area contributed by atoms with Gasteiger partial charge in [0.05, 0.1) is 11.4 Å². The molecule has 128 valence electrons. The molecule has 0 radical (unpaired) electrons. The van der Waals surface area contributed by atoms with Crippen LogP contribution in [0.25, 0.3) is 10.2 Å². The molecular formula is C20H22N4S. The van der Waals surface area contributed by atoms with Crippen molar-refractivity contribution < 1.29 is 0 Å². The Morgan fingerprint density at radius 1 is 1.24 bits per heavy atom.